The van der Waals surface area contributed by atoms with E-state index in [0.717, 1.165) is 0 Å². The maximum atomic E-state index is 12.9. The second-order valence-corrected chi connectivity index (χ2v) is 7.75. The summed E-state index contributed by atoms with van der Waals surface area (Å²) >= 11 is 0. The van der Waals surface area contributed by atoms with Gasteiger partial charge in [0.05, 0.1) is 10.6 Å². The van der Waals surface area contributed by atoms with E-state index in [1.54, 1.807) is 42.5 Å². The monoisotopic (exact) mass is 396 g/mol. The number of rotatable bonds is 6. The van der Waals surface area contributed by atoms with E-state index in [-0.39, 0.29) is 17.3 Å². The minimum absolute atomic E-state index is 0.0102. The van der Waals surface area contributed by atoms with Crippen molar-refractivity contribution in [3.63, 3.8) is 0 Å². The fourth-order valence-electron chi connectivity index (χ4n) is 2.48. The van der Waals surface area contributed by atoms with Crippen molar-refractivity contribution >= 4 is 27.3 Å². The molecule has 3 aromatic rings. The van der Waals surface area contributed by atoms with Gasteiger partial charge < -0.3 is 5.32 Å². The van der Waals surface area contributed by atoms with Gasteiger partial charge in [-0.25, -0.2) is 8.42 Å². The van der Waals surface area contributed by atoms with Gasteiger partial charge >= 0.3 is 0 Å². The Bertz CT molecular complexity index is 1140. The molecule has 10 heteroatoms. The molecule has 0 spiro atoms. The molecule has 0 aliphatic rings. The first-order chi connectivity index (χ1) is 13.4. The maximum absolute atomic E-state index is 12.9. The maximum Gasteiger partial charge on any atom is 0.264 e. The van der Waals surface area contributed by atoms with Crippen molar-refractivity contribution in [1.82, 2.24) is 14.8 Å². The fraction of sp³-hybridized carbons (Fsp3) is 0.111. The van der Waals surface area contributed by atoms with Crippen LogP contribution >= 0.6 is 0 Å². The van der Waals surface area contributed by atoms with Crippen molar-refractivity contribution in [1.29, 1.82) is 5.26 Å². The van der Waals surface area contributed by atoms with Gasteiger partial charge in [0.25, 0.3) is 10.0 Å². The van der Waals surface area contributed by atoms with E-state index in [2.05, 4.69) is 15.5 Å². The minimum Gasteiger partial charge on any atom is -0.324 e. The summed E-state index contributed by atoms with van der Waals surface area (Å²) < 4.78 is 28.2. The molecule has 3 rings (SSSR count). The Morgan fingerprint density at radius 2 is 1.96 bits per heavy atom. The van der Waals surface area contributed by atoms with E-state index in [4.69, 9.17) is 5.26 Å². The number of nitriles is 1. The van der Waals surface area contributed by atoms with Gasteiger partial charge in [0.1, 0.15) is 18.9 Å². The van der Waals surface area contributed by atoms with E-state index >= 15 is 0 Å². The number of hydrogen-bond donors (Lipinski definition) is 1. The summed E-state index contributed by atoms with van der Waals surface area (Å²) in [5.41, 5.74) is 0.840. The third kappa shape index (κ3) is 3.99. The van der Waals surface area contributed by atoms with Crippen molar-refractivity contribution in [3.8, 4) is 6.07 Å². The lowest BCUT2D eigenvalue weighted by Gasteiger charge is -2.19. The van der Waals surface area contributed by atoms with Gasteiger partial charge in [0, 0.05) is 12.7 Å². The van der Waals surface area contributed by atoms with E-state index in [0.29, 0.717) is 11.4 Å². The zero-order valence-electron chi connectivity index (χ0n) is 14.8. The van der Waals surface area contributed by atoms with Crippen LogP contribution in [0.4, 0.5) is 11.4 Å². The van der Waals surface area contributed by atoms with Crippen LogP contribution < -0.4 is 9.62 Å². The first-order valence-corrected chi connectivity index (χ1v) is 9.57. The summed E-state index contributed by atoms with van der Waals surface area (Å²) in [5, 5.41) is 18.7. The molecule has 2 aromatic carbocycles. The largest absolute Gasteiger partial charge is 0.324 e. The van der Waals surface area contributed by atoms with Crippen LogP contribution in [0.1, 0.15) is 5.82 Å². The van der Waals surface area contributed by atoms with Crippen molar-refractivity contribution < 1.29 is 13.2 Å². The van der Waals surface area contributed by atoms with E-state index in [9.17, 15) is 13.2 Å². The Morgan fingerprint density at radius 3 is 2.68 bits per heavy atom. The Morgan fingerprint density at radius 1 is 1.21 bits per heavy atom. The number of nitrogens with zero attached hydrogens (tertiary/aromatic N) is 5. The molecule has 0 radical (unpaired) electrons. The summed E-state index contributed by atoms with van der Waals surface area (Å²) in [5.74, 6) is -0.432. The molecule has 0 saturated heterocycles. The molecule has 0 atom stereocenters. The Labute approximate surface area is 161 Å². The normalized spacial score (nSPS) is 10.9. The van der Waals surface area contributed by atoms with Gasteiger partial charge in [0.15, 0.2) is 0 Å². The highest BCUT2D eigenvalue weighted by Gasteiger charge is 2.21. The molecule has 9 nitrogen and oxygen atoms in total. The number of sulfonamides is 1. The quantitative estimate of drug-likeness (QED) is 0.676. The predicted molar refractivity (Wildman–Crippen MR) is 102 cm³/mol. The van der Waals surface area contributed by atoms with E-state index in [1.807, 2.05) is 6.07 Å². The smallest absolute Gasteiger partial charge is 0.264 e. The van der Waals surface area contributed by atoms with Crippen molar-refractivity contribution in [2.75, 3.05) is 16.7 Å². The lowest BCUT2D eigenvalue weighted by atomic mass is 10.3. The lowest BCUT2D eigenvalue weighted by molar-refractivity contribution is -0.116. The van der Waals surface area contributed by atoms with Gasteiger partial charge in [-0.15, -0.1) is 10.2 Å². The zero-order chi connectivity index (χ0) is 20.1. The highest BCUT2D eigenvalue weighted by atomic mass is 32.2. The average Bonchev–Trinajstić information content (AvgIpc) is 3.15. The van der Waals surface area contributed by atoms with Crippen LogP contribution in [-0.2, 0) is 21.4 Å². The lowest BCUT2D eigenvalue weighted by Crippen LogP contribution is -2.26. The number of benzene rings is 2. The predicted octanol–water partition coefficient (Wildman–Crippen LogP) is 1.61. The van der Waals surface area contributed by atoms with Crippen LogP contribution in [0, 0.1) is 11.3 Å². The Kier molecular flexibility index (Phi) is 5.37. The number of aromatic nitrogens is 3. The van der Waals surface area contributed by atoms with Crippen LogP contribution in [0.3, 0.4) is 0 Å². The highest BCUT2D eigenvalue weighted by Crippen LogP contribution is 2.23. The van der Waals surface area contributed by atoms with Crippen molar-refractivity contribution in [2.45, 2.75) is 11.4 Å². The third-order valence-electron chi connectivity index (χ3n) is 3.93. The fourth-order valence-corrected chi connectivity index (χ4v) is 3.72. The van der Waals surface area contributed by atoms with Gasteiger partial charge in [-0.2, -0.15) is 5.26 Å². The number of hydrogen-bond acceptors (Lipinski definition) is 6. The molecule has 1 heterocycles. The van der Waals surface area contributed by atoms with Crippen LogP contribution in [0.5, 0.6) is 0 Å². The number of nitrogens with one attached hydrogen (secondary N) is 1. The molecule has 0 bridgehead atoms. The van der Waals surface area contributed by atoms with Gasteiger partial charge in [0.2, 0.25) is 11.7 Å². The summed E-state index contributed by atoms with van der Waals surface area (Å²) in [6.07, 6.45) is 1.27. The SMILES string of the molecule is CN(c1ccccc1)S(=O)(=O)c1cccc(NC(=O)Cn2cnnc2C#N)c1. The van der Waals surface area contributed by atoms with Crippen LogP contribution in [0.15, 0.2) is 65.8 Å². The van der Waals surface area contributed by atoms with Crippen molar-refractivity contribution in [2.24, 2.45) is 0 Å². The molecule has 0 saturated carbocycles. The molecular weight excluding hydrogens is 380 g/mol. The summed E-state index contributed by atoms with van der Waals surface area (Å²) in [7, 11) is -2.33. The number of para-hydroxylation sites is 1. The second kappa shape index (κ2) is 7.89. The minimum atomic E-state index is -3.80. The summed E-state index contributed by atoms with van der Waals surface area (Å²) in [4.78, 5) is 12.2. The first-order valence-electron chi connectivity index (χ1n) is 8.13. The Balaban J connectivity index is 1.78. The van der Waals surface area contributed by atoms with Gasteiger partial charge in [-0.1, -0.05) is 24.3 Å². The molecule has 28 heavy (non-hydrogen) atoms. The third-order valence-corrected chi connectivity index (χ3v) is 5.71. The molecular formula is C18H16N6O3S. The average molecular weight is 396 g/mol. The zero-order valence-corrected chi connectivity index (χ0v) is 15.7. The molecule has 0 unspecified atom stereocenters. The van der Waals surface area contributed by atoms with E-state index in [1.165, 1.54) is 34.4 Å². The van der Waals surface area contributed by atoms with Crippen LogP contribution in [0.25, 0.3) is 0 Å². The molecule has 1 aromatic heterocycles. The van der Waals surface area contributed by atoms with E-state index < -0.39 is 15.9 Å². The topological polar surface area (TPSA) is 121 Å². The second-order valence-electron chi connectivity index (χ2n) is 5.78. The van der Waals surface area contributed by atoms with Crippen LogP contribution in [-0.4, -0.2) is 36.1 Å². The first kappa shape index (κ1) is 19.1. The standard InChI is InChI=1S/C18H16N6O3S/c1-23(15-7-3-2-4-8-15)28(26,27)16-9-5-6-14(10-16)21-18(25)12-24-13-20-22-17(24)11-19/h2-10,13H,12H2,1H3,(H,21,25). The molecule has 1 amide bonds. The Hall–Kier alpha value is -3.71. The molecule has 0 fully saturated rings. The molecule has 1 N–H and O–H groups in total. The number of carbonyl (C=O) groups is 1. The van der Waals surface area contributed by atoms with Crippen LogP contribution in [0.2, 0.25) is 0 Å². The summed E-state index contributed by atoms with van der Waals surface area (Å²) in [6, 6.07) is 16.5. The van der Waals surface area contributed by atoms with Crippen molar-refractivity contribution in [3.05, 3.63) is 66.7 Å². The molecule has 142 valence electrons. The highest BCUT2D eigenvalue weighted by molar-refractivity contribution is 7.92. The summed E-state index contributed by atoms with van der Waals surface area (Å²) in [6.45, 7) is -0.170. The number of amides is 1. The van der Waals surface area contributed by atoms with Gasteiger partial charge in [-0.05, 0) is 30.3 Å². The molecule has 0 aliphatic heterocycles. The van der Waals surface area contributed by atoms with Gasteiger partial charge in [-0.3, -0.25) is 13.7 Å². The number of carbonyl (C=O) groups excluding carboxylic acids is 1. The number of anilines is 2. The molecule has 0 aliphatic carbocycles.